The quantitative estimate of drug-likeness (QED) is 0.760. The van der Waals surface area contributed by atoms with Crippen LogP contribution in [0.15, 0.2) is 12.3 Å². The van der Waals surface area contributed by atoms with Crippen molar-refractivity contribution in [3.8, 4) is 0 Å². The van der Waals surface area contributed by atoms with Crippen LogP contribution in [0.3, 0.4) is 0 Å². The Kier molecular flexibility index (Phi) is 5.32. The molecule has 0 aromatic heterocycles. The lowest BCUT2D eigenvalue weighted by molar-refractivity contribution is -0.136. The predicted molar refractivity (Wildman–Crippen MR) is 64.0 cm³/mol. The smallest absolute Gasteiger partial charge is 0.248 e. The molecular weight excluding hydrogens is 204 g/mol. The van der Waals surface area contributed by atoms with Gasteiger partial charge in [-0.05, 0) is 25.7 Å². The summed E-state index contributed by atoms with van der Waals surface area (Å²) in [5.41, 5.74) is 1.01. The molecule has 0 aliphatic carbocycles. The number of hydrogen-bond acceptors (Lipinski definition) is 3. The fourth-order valence-corrected chi connectivity index (χ4v) is 1.92. The van der Waals surface area contributed by atoms with Gasteiger partial charge in [-0.25, -0.2) is 0 Å². The number of nitrogens with one attached hydrogen (secondary N) is 1. The highest BCUT2D eigenvalue weighted by molar-refractivity contribution is 5.77. The number of likely N-dealkylation sites (tertiary alicyclic amines) is 1. The summed E-state index contributed by atoms with van der Waals surface area (Å²) in [6.45, 7) is 8.67. The van der Waals surface area contributed by atoms with Crippen molar-refractivity contribution in [3.63, 3.8) is 0 Å². The molecule has 0 unspecified atom stereocenters. The van der Waals surface area contributed by atoms with E-state index >= 15 is 0 Å². The molecule has 1 N–H and O–H groups in total. The topological polar surface area (TPSA) is 41.6 Å². The van der Waals surface area contributed by atoms with Gasteiger partial charge < -0.3 is 15.0 Å². The maximum Gasteiger partial charge on any atom is 0.248 e. The van der Waals surface area contributed by atoms with Crippen LogP contribution in [0.4, 0.5) is 0 Å². The average molecular weight is 226 g/mol. The van der Waals surface area contributed by atoms with Gasteiger partial charge in [-0.15, -0.1) is 0 Å². The van der Waals surface area contributed by atoms with Gasteiger partial charge in [0.1, 0.15) is 6.61 Å². The summed E-state index contributed by atoms with van der Waals surface area (Å²) < 4.78 is 4.85. The molecule has 1 aliphatic rings. The molecule has 1 fully saturated rings. The molecule has 4 nitrogen and oxygen atoms in total. The van der Waals surface area contributed by atoms with E-state index in [0.29, 0.717) is 5.92 Å². The van der Waals surface area contributed by atoms with Gasteiger partial charge in [-0.1, -0.05) is 6.58 Å². The zero-order valence-electron chi connectivity index (χ0n) is 10.3. The molecule has 16 heavy (non-hydrogen) atoms. The zero-order chi connectivity index (χ0) is 12.0. The number of carbonyl (C=O) groups excluding carboxylic acids is 1. The highest BCUT2D eigenvalue weighted by Gasteiger charge is 2.22. The van der Waals surface area contributed by atoms with E-state index in [1.165, 1.54) is 0 Å². The molecule has 0 aromatic carbocycles. The second-order valence-corrected chi connectivity index (χ2v) is 4.42. The van der Waals surface area contributed by atoms with Crippen LogP contribution in [-0.2, 0) is 9.53 Å². The Morgan fingerprint density at radius 3 is 2.62 bits per heavy atom. The largest absolute Gasteiger partial charge is 0.389 e. The number of methoxy groups -OCH3 is 1. The van der Waals surface area contributed by atoms with Crippen LogP contribution in [-0.4, -0.2) is 44.2 Å². The Morgan fingerprint density at radius 2 is 2.12 bits per heavy atom. The van der Waals surface area contributed by atoms with Crippen LogP contribution in [0.5, 0.6) is 0 Å². The molecule has 0 bridgehead atoms. The van der Waals surface area contributed by atoms with Gasteiger partial charge in [-0.2, -0.15) is 0 Å². The minimum Gasteiger partial charge on any atom is -0.389 e. The Bertz CT molecular complexity index is 245. The Morgan fingerprint density at radius 1 is 1.50 bits per heavy atom. The van der Waals surface area contributed by atoms with Crippen LogP contribution in [0.2, 0.25) is 0 Å². The number of nitrogens with zero attached hydrogens (tertiary/aromatic N) is 1. The second-order valence-electron chi connectivity index (χ2n) is 4.42. The molecule has 1 aliphatic heterocycles. The standard InChI is InChI=1S/C12H22N2O2/c1-10(2)13-8-11-4-6-14(7-5-11)12(15)9-16-3/h11,13H,1,4-9H2,2-3H3. The molecule has 0 radical (unpaired) electrons. The van der Waals surface area contributed by atoms with Gasteiger partial charge in [0.2, 0.25) is 5.91 Å². The van der Waals surface area contributed by atoms with Crippen LogP contribution >= 0.6 is 0 Å². The summed E-state index contributed by atoms with van der Waals surface area (Å²) in [6.07, 6.45) is 2.13. The lowest BCUT2D eigenvalue weighted by atomic mass is 9.96. The third kappa shape index (κ3) is 4.23. The number of rotatable bonds is 5. The minimum atomic E-state index is 0.105. The van der Waals surface area contributed by atoms with Gasteiger partial charge in [-0.3, -0.25) is 4.79 Å². The minimum absolute atomic E-state index is 0.105. The van der Waals surface area contributed by atoms with Crippen LogP contribution < -0.4 is 5.32 Å². The van der Waals surface area contributed by atoms with E-state index in [1.807, 2.05) is 11.8 Å². The molecular formula is C12H22N2O2. The van der Waals surface area contributed by atoms with E-state index in [4.69, 9.17) is 4.74 Å². The van der Waals surface area contributed by atoms with E-state index in [2.05, 4.69) is 11.9 Å². The monoisotopic (exact) mass is 226 g/mol. The van der Waals surface area contributed by atoms with E-state index < -0.39 is 0 Å². The van der Waals surface area contributed by atoms with E-state index in [1.54, 1.807) is 7.11 Å². The predicted octanol–water partition coefficient (Wildman–Crippen LogP) is 0.995. The van der Waals surface area contributed by atoms with E-state index in [9.17, 15) is 4.79 Å². The van der Waals surface area contributed by atoms with Gasteiger partial charge in [0.25, 0.3) is 0 Å². The third-order valence-electron chi connectivity index (χ3n) is 2.93. The molecule has 1 amide bonds. The molecule has 1 heterocycles. The van der Waals surface area contributed by atoms with Gasteiger partial charge in [0, 0.05) is 32.4 Å². The molecule has 1 saturated heterocycles. The number of allylic oxidation sites excluding steroid dienone is 1. The summed E-state index contributed by atoms with van der Waals surface area (Å²) in [6, 6.07) is 0. The van der Waals surface area contributed by atoms with Crippen molar-refractivity contribution >= 4 is 5.91 Å². The Labute approximate surface area is 97.6 Å². The summed E-state index contributed by atoms with van der Waals surface area (Å²) in [4.78, 5) is 13.4. The fraction of sp³-hybridized carbons (Fsp3) is 0.750. The first kappa shape index (κ1) is 13.0. The highest BCUT2D eigenvalue weighted by atomic mass is 16.5. The van der Waals surface area contributed by atoms with Crippen molar-refractivity contribution in [2.75, 3.05) is 33.4 Å². The average Bonchev–Trinajstić information content (AvgIpc) is 2.27. The van der Waals surface area contributed by atoms with Crippen LogP contribution in [0.25, 0.3) is 0 Å². The number of amides is 1. The summed E-state index contributed by atoms with van der Waals surface area (Å²) >= 11 is 0. The van der Waals surface area contributed by atoms with Crippen molar-refractivity contribution in [2.45, 2.75) is 19.8 Å². The van der Waals surface area contributed by atoms with Crippen molar-refractivity contribution in [1.82, 2.24) is 10.2 Å². The lowest BCUT2D eigenvalue weighted by Crippen LogP contribution is -2.42. The molecule has 0 aromatic rings. The molecule has 1 rings (SSSR count). The fourth-order valence-electron chi connectivity index (χ4n) is 1.92. The van der Waals surface area contributed by atoms with E-state index in [0.717, 1.165) is 38.2 Å². The summed E-state index contributed by atoms with van der Waals surface area (Å²) in [5, 5.41) is 3.26. The Balaban J connectivity index is 2.23. The van der Waals surface area contributed by atoms with Crippen molar-refractivity contribution in [2.24, 2.45) is 5.92 Å². The van der Waals surface area contributed by atoms with Crippen molar-refractivity contribution < 1.29 is 9.53 Å². The molecule has 92 valence electrons. The first-order chi connectivity index (χ1) is 7.63. The first-order valence-corrected chi connectivity index (χ1v) is 5.79. The summed E-state index contributed by atoms with van der Waals surface area (Å²) in [7, 11) is 1.56. The number of hydrogen-bond donors (Lipinski definition) is 1. The molecule has 0 atom stereocenters. The lowest BCUT2D eigenvalue weighted by Gasteiger charge is -2.32. The van der Waals surface area contributed by atoms with Crippen molar-refractivity contribution in [3.05, 3.63) is 12.3 Å². The van der Waals surface area contributed by atoms with Gasteiger partial charge >= 0.3 is 0 Å². The number of piperidine rings is 1. The highest BCUT2D eigenvalue weighted by Crippen LogP contribution is 2.16. The summed E-state index contributed by atoms with van der Waals surface area (Å²) in [5.74, 6) is 0.761. The zero-order valence-corrected chi connectivity index (χ0v) is 10.3. The van der Waals surface area contributed by atoms with Crippen LogP contribution in [0.1, 0.15) is 19.8 Å². The Hall–Kier alpha value is -1.03. The van der Waals surface area contributed by atoms with Crippen molar-refractivity contribution in [1.29, 1.82) is 0 Å². The van der Waals surface area contributed by atoms with Crippen LogP contribution in [0, 0.1) is 5.92 Å². The molecule has 4 heteroatoms. The van der Waals surface area contributed by atoms with Gasteiger partial charge in [0.15, 0.2) is 0 Å². The number of ether oxygens (including phenoxy) is 1. The first-order valence-electron chi connectivity index (χ1n) is 5.79. The number of carbonyl (C=O) groups is 1. The third-order valence-corrected chi connectivity index (χ3v) is 2.93. The molecule has 0 spiro atoms. The maximum atomic E-state index is 11.5. The van der Waals surface area contributed by atoms with Gasteiger partial charge in [0.05, 0.1) is 0 Å². The normalized spacial score (nSPS) is 17.2. The maximum absolute atomic E-state index is 11.5. The second kappa shape index (κ2) is 6.53. The SMILES string of the molecule is C=C(C)NCC1CCN(C(=O)COC)CC1. The van der Waals surface area contributed by atoms with E-state index in [-0.39, 0.29) is 12.5 Å². The molecule has 0 saturated carbocycles.